The summed E-state index contributed by atoms with van der Waals surface area (Å²) in [6, 6.07) is 1.65. The lowest BCUT2D eigenvalue weighted by Crippen LogP contribution is -2.51. The number of amides is 1. The topological polar surface area (TPSA) is 118 Å². The summed E-state index contributed by atoms with van der Waals surface area (Å²) in [5.41, 5.74) is 11.0. The first-order valence-electron chi connectivity index (χ1n) is 8.18. The van der Waals surface area contributed by atoms with Crippen molar-refractivity contribution in [3.8, 4) is 0 Å². The lowest BCUT2D eigenvalue weighted by molar-refractivity contribution is -0.124. The largest absolute Gasteiger partial charge is 0.394 e. The van der Waals surface area contributed by atoms with Crippen LogP contribution < -0.4 is 16.4 Å². The number of nitrogens with two attached hydrogens (primary N) is 2. The number of aromatic nitrogens is 2. The highest BCUT2D eigenvalue weighted by molar-refractivity contribution is 5.85. The number of aliphatic hydroxyl groups is 1. The minimum Gasteiger partial charge on any atom is -0.394 e. The van der Waals surface area contributed by atoms with Crippen LogP contribution in [0.1, 0.15) is 45.2 Å². The molecule has 0 radical (unpaired) electrons. The summed E-state index contributed by atoms with van der Waals surface area (Å²) < 4.78 is 0. The standard InChI is InChI=1S/C16H27N5O2/c1-11(2)9-16(18,14(17)23)13-6-7-19-15(20-13)21-8-4-3-5-12(21)10-22/h6-7,11-12,22H,3-5,8-10,18H2,1-2H3,(H2,17,23)/t12?,16-/m1/s1. The average molecular weight is 321 g/mol. The van der Waals surface area contributed by atoms with E-state index in [0.717, 1.165) is 25.8 Å². The van der Waals surface area contributed by atoms with E-state index in [1.807, 2.05) is 18.7 Å². The molecule has 1 fully saturated rings. The van der Waals surface area contributed by atoms with E-state index >= 15 is 0 Å². The van der Waals surface area contributed by atoms with E-state index in [2.05, 4.69) is 9.97 Å². The molecule has 1 saturated heterocycles. The molecule has 2 rings (SSSR count). The summed E-state index contributed by atoms with van der Waals surface area (Å²) in [5, 5.41) is 9.56. The Morgan fingerprint density at radius 2 is 2.26 bits per heavy atom. The highest BCUT2D eigenvalue weighted by Gasteiger charge is 2.37. The molecule has 0 aromatic carbocycles. The molecule has 1 aliphatic rings. The quantitative estimate of drug-likeness (QED) is 0.702. The van der Waals surface area contributed by atoms with Gasteiger partial charge in [-0.05, 0) is 37.7 Å². The predicted molar refractivity (Wildman–Crippen MR) is 88.6 cm³/mol. The molecular weight excluding hydrogens is 294 g/mol. The van der Waals surface area contributed by atoms with Gasteiger partial charge >= 0.3 is 0 Å². The molecule has 1 aromatic heterocycles. The van der Waals surface area contributed by atoms with Gasteiger partial charge in [-0.15, -0.1) is 0 Å². The number of carbonyl (C=O) groups is 1. The van der Waals surface area contributed by atoms with Gasteiger partial charge in [0.1, 0.15) is 5.54 Å². The summed E-state index contributed by atoms with van der Waals surface area (Å²) >= 11 is 0. The lowest BCUT2D eigenvalue weighted by Gasteiger charge is -2.35. The van der Waals surface area contributed by atoms with Crippen LogP contribution in [0.3, 0.4) is 0 Å². The third kappa shape index (κ3) is 3.79. The first-order valence-corrected chi connectivity index (χ1v) is 8.18. The van der Waals surface area contributed by atoms with Crippen molar-refractivity contribution in [3.05, 3.63) is 18.0 Å². The maximum atomic E-state index is 11.9. The molecule has 1 aromatic rings. The molecule has 23 heavy (non-hydrogen) atoms. The minimum atomic E-state index is -1.31. The molecule has 0 spiro atoms. The van der Waals surface area contributed by atoms with Gasteiger partial charge in [0.2, 0.25) is 11.9 Å². The van der Waals surface area contributed by atoms with Gasteiger partial charge in [0, 0.05) is 12.7 Å². The fourth-order valence-electron chi connectivity index (χ4n) is 3.16. The van der Waals surface area contributed by atoms with E-state index < -0.39 is 11.4 Å². The number of primary amides is 1. The van der Waals surface area contributed by atoms with Gasteiger partial charge in [-0.2, -0.15) is 0 Å². The molecule has 2 heterocycles. The van der Waals surface area contributed by atoms with Crippen LogP contribution in [0.5, 0.6) is 0 Å². The number of carbonyl (C=O) groups excluding carboxylic acids is 1. The van der Waals surface area contributed by atoms with Crippen molar-refractivity contribution in [1.82, 2.24) is 9.97 Å². The van der Waals surface area contributed by atoms with Crippen molar-refractivity contribution in [2.45, 2.75) is 51.1 Å². The van der Waals surface area contributed by atoms with Crippen LogP contribution in [0.15, 0.2) is 12.3 Å². The number of rotatable bonds is 6. The average Bonchev–Trinajstić information content (AvgIpc) is 2.54. The zero-order chi connectivity index (χ0) is 17.0. The predicted octanol–water partition coefficient (Wildman–Crippen LogP) is 0.513. The van der Waals surface area contributed by atoms with Crippen molar-refractivity contribution in [1.29, 1.82) is 0 Å². The molecule has 128 valence electrons. The van der Waals surface area contributed by atoms with Crippen LogP contribution in [0, 0.1) is 5.92 Å². The first-order chi connectivity index (χ1) is 10.9. The van der Waals surface area contributed by atoms with E-state index in [1.165, 1.54) is 0 Å². The van der Waals surface area contributed by atoms with Crippen molar-refractivity contribution in [2.75, 3.05) is 18.1 Å². The normalized spacial score (nSPS) is 21.3. The SMILES string of the molecule is CC(C)C[C@](N)(C(N)=O)c1ccnc(N2CCCCC2CO)n1. The van der Waals surface area contributed by atoms with Crippen LogP contribution >= 0.6 is 0 Å². The Morgan fingerprint density at radius 3 is 2.87 bits per heavy atom. The maximum absolute atomic E-state index is 11.9. The Hall–Kier alpha value is -1.73. The molecule has 5 N–H and O–H groups in total. The Kier molecular flexibility index (Phi) is 5.54. The Morgan fingerprint density at radius 1 is 1.52 bits per heavy atom. The Balaban J connectivity index is 2.36. The summed E-state index contributed by atoms with van der Waals surface area (Å²) in [6.45, 7) is 4.81. The van der Waals surface area contributed by atoms with Crippen molar-refractivity contribution < 1.29 is 9.90 Å². The zero-order valence-corrected chi connectivity index (χ0v) is 13.9. The second-order valence-electron chi connectivity index (χ2n) is 6.70. The fraction of sp³-hybridized carbons (Fsp3) is 0.688. The summed E-state index contributed by atoms with van der Waals surface area (Å²) in [4.78, 5) is 22.8. The molecule has 1 aliphatic heterocycles. The van der Waals surface area contributed by atoms with Crippen molar-refractivity contribution >= 4 is 11.9 Å². The molecule has 0 saturated carbocycles. The molecule has 1 unspecified atom stereocenters. The number of aliphatic hydroxyl groups excluding tert-OH is 1. The summed E-state index contributed by atoms with van der Waals surface area (Å²) in [7, 11) is 0. The van der Waals surface area contributed by atoms with Gasteiger partial charge < -0.3 is 21.5 Å². The van der Waals surface area contributed by atoms with Gasteiger partial charge in [0.25, 0.3) is 0 Å². The highest BCUT2D eigenvalue weighted by atomic mass is 16.3. The number of hydrogen-bond donors (Lipinski definition) is 3. The van der Waals surface area contributed by atoms with E-state index in [4.69, 9.17) is 11.5 Å². The van der Waals surface area contributed by atoms with Crippen LogP contribution in [-0.2, 0) is 10.3 Å². The molecule has 7 nitrogen and oxygen atoms in total. The third-order valence-electron chi connectivity index (χ3n) is 4.36. The molecule has 7 heteroatoms. The van der Waals surface area contributed by atoms with Gasteiger partial charge in [0.15, 0.2) is 0 Å². The van der Waals surface area contributed by atoms with Crippen LogP contribution in [0.2, 0.25) is 0 Å². The zero-order valence-electron chi connectivity index (χ0n) is 13.9. The monoisotopic (exact) mass is 321 g/mol. The van der Waals surface area contributed by atoms with Crippen LogP contribution in [0.25, 0.3) is 0 Å². The van der Waals surface area contributed by atoms with Gasteiger partial charge in [-0.25, -0.2) is 9.97 Å². The number of nitrogens with zero attached hydrogens (tertiary/aromatic N) is 3. The van der Waals surface area contributed by atoms with E-state index in [1.54, 1.807) is 12.3 Å². The van der Waals surface area contributed by atoms with E-state index in [9.17, 15) is 9.90 Å². The van der Waals surface area contributed by atoms with Crippen molar-refractivity contribution in [3.63, 3.8) is 0 Å². The Bertz CT molecular complexity index is 551. The number of anilines is 1. The fourth-order valence-corrected chi connectivity index (χ4v) is 3.16. The van der Waals surface area contributed by atoms with Crippen LogP contribution in [0.4, 0.5) is 5.95 Å². The van der Waals surface area contributed by atoms with Gasteiger partial charge in [-0.3, -0.25) is 4.79 Å². The maximum Gasteiger partial charge on any atom is 0.243 e. The Labute approximate surface area is 137 Å². The lowest BCUT2D eigenvalue weighted by atomic mass is 9.86. The number of hydrogen-bond acceptors (Lipinski definition) is 6. The smallest absolute Gasteiger partial charge is 0.243 e. The summed E-state index contributed by atoms with van der Waals surface area (Å²) in [6.07, 6.45) is 5.03. The second-order valence-corrected chi connectivity index (χ2v) is 6.70. The number of piperidine rings is 1. The molecule has 2 atom stereocenters. The highest BCUT2D eigenvalue weighted by Crippen LogP contribution is 2.27. The molecule has 0 aliphatic carbocycles. The van der Waals surface area contributed by atoms with Crippen molar-refractivity contribution in [2.24, 2.45) is 17.4 Å². The minimum absolute atomic E-state index is 0.00449. The van der Waals surface area contributed by atoms with E-state index in [-0.39, 0.29) is 18.6 Å². The molecule has 1 amide bonds. The summed E-state index contributed by atoms with van der Waals surface area (Å²) in [5.74, 6) is 0.111. The van der Waals surface area contributed by atoms with Crippen LogP contribution in [-0.4, -0.2) is 40.2 Å². The third-order valence-corrected chi connectivity index (χ3v) is 4.36. The van der Waals surface area contributed by atoms with Gasteiger partial charge in [0.05, 0.1) is 18.3 Å². The molecular formula is C16H27N5O2. The molecule has 0 bridgehead atoms. The van der Waals surface area contributed by atoms with E-state index in [0.29, 0.717) is 18.1 Å². The first kappa shape index (κ1) is 17.6. The van der Waals surface area contributed by atoms with Gasteiger partial charge in [-0.1, -0.05) is 13.8 Å². The second kappa shape index (κ2) is 7.23.